The molecule has 0 heterocycles. The third-order valence-corrected chi connectivity index (χ3v) is 12.0. The molecule has 0 unspecified atom stereocenters. The highest BCUT2D eigenvalue weighted by Crippen LogP contribution is 2.20. The molecule has 0 aromatic heterocycles. The van der Waals surface area contributed by atoms with Gasteiger partial charge >= 0.3 is 23.6 Å². The van der Waals surface area contributed by atoms with Gasteiger partial charge in [0.2, 0.25) is 6.08 Å². The van der Waals surface area contributed by atoms with Crippen LogP contribution in [0.15, 0.2) is 4.99 Å². The van der Waals surface area contributed by atoms with E-state index in [-0.39, 0.29) is 19.2 Å². The van der Waals surface area contributed by atoms with Gasteiger partial charge in [-0.3, -0.25) is 4.79 Å². The molecule has 0 rings (SSSR count). The highest BCUT2D eigenvalue weighted by Gasteiger charge is 2.40. The molecular weight excluding hydrogens is 667 g/mol. The number of nitrogens with zero attached hydrogens (tertiary/aromatic N) is 1. The Morgan fingerprint density at radius 1 is 0.604 bits per heavy atom. The summed E-state index contributed by atoms with van der Waals surface area (Å²) in [4.78, 5) is 25.1. The van der Waals surface area contributed by atoms with Crippen molar-refractivity contribution >= 4 is 29.7 Å². The average Bonchev–Trinajstić information content (AvgIpc) is 3.07. The van der Waals surface area contributed by atoms with Crippen molar-refractivity contribution in [3.8, 4) is 0 Å². The predicted molar refractivity (Wildman–Crippen MR) is 186 cm³/mol. The number of carbonyl (C=O) groups excluding carboxylic acids is 2. The van der Waals surface area contributed by atoms with Gasteiger partial charge in [-0.15, -0.1) is 0 Å². The van der Waals surface area contributed by atoms with E-state index in [4.69, 9.17) is 50.6 Å². The summed E-state index contributed by atoms with van der Waals surface area (Å²) in [6, 6.07) is 1.41. The topological polar surface area (TPSA) is 168 Å². The van der Waals surface area contributed by atoms with Gasteiger partial charge in [0, 0.05) is 72.4 Å². The SMILES string of the molecule is CCO[Si](CCCCC(=O)OCCOCCOC)(OCC)OCC.CCO[Si](CCCN=C=O)(OCC)OCC.COCCOCCO. The van der Waals surface area contributed by atoms with Crippen molar-refractivity contribution < 1.29 is 64.9 Å². The molecule has 17 heteroatoms. The fourth-order valence-electron chi connectivity index (χ4n) is 3.87. The molecular formula is C31H67NO14Si2. The number of unbranched alkanes of at least 4 members (excludes halogenated alkanes) is 1. The van der Waals surface area contributed by atoms with E-state index >= 15 is 0 Å². The Hall–Kier alpha value is -1.16. The van der Waals surface area contributed by atoms with Crippen molar-refractivity contribution in [2.24, 2.45) is 4.99 Å². The zero-order valence-corrected chi connectivity index (χ0v) is 33.1. The lowest BCUT2D eigenvalue weighted by Gasteiger charge is -2.28. The first-order valence-corrected chi connectivity index (χ1v) is 20.9. The Morgan fingerprint density at radius 3 is 1.42 bits per heavy atom. The van der Waals surface area contributed by atoms with Crippen LogP contribution in [-0.2, 0) is 59.8 Å². The van der Waals surface area contributed by atoms with E-state index in [0.29, 0.717) is 98.3 Å². The molecule has 15 nitrogen and oxygen atoms in total. The van der Waals surface area contributed by atoms with E-state index in [2.05, 4.69) is 9.73 Å². The number of isocyanates is 1. The molecule has 48 heavy (non-hydrogen) atoms. The van der Waals surface area contributed by atoms with Crippen LogP contribution in [0.5, 0.6) is 0 Å². The van der Waals surface area contributed by atoms with Crippen LogP contribution < -0.4 is 0 Å². The fraction of sp³-hybridized carbons (Fsp3) is 0.935. The third kappa shape index (κ3) is 33.3. The number of aliphatic hydroxyl groups is 1. The molecule has 0 atom stereocenters. The number of esters is 1. The summed E-state index contributed by atoms with van der Waals surface area (Å²) in [6.07, 6.45) is 4.16. The van der Waals surface area contributed by atoms with Gasteiger partial charge in [0.25, 0.3) is 0 Å². The lowest BCUT2D eigenvalue weighted by atomic mass is 10.2. The number of carbonyl (C=O) groups is 1. The second kappa shape index (κ2) is 40.3. The van der Waals surface area contributed by atoms with Crippen molar-refractivity contribution in [2.45, 2.75) is 79.3 Å². The Kier molecular flexibility index (Phi) is 43.0. The van der Waals surface area contributed by atoms with Crippen LogP contribution >= 0.6 is 0 Å². The highest BCUT2D eigenvalue weighted by molar-refractivity contribution is 6.61. The molecule has 0 aromatic rings. The Labute approximate surface area is 291 Å². The lowest BCUT2D eigenvalue weighted by Crippen LogP contribution is -2.46. The van der Waals surface area contributed by atoms with E-state index in [9.17, 15) is 9.59 Å². The van der Waals surface area contributed by atoms with E-state index in [1.54, 1.807) is 14.2 Å². The summed E-state index contributed by atoms with van der Waals surface area (Å²) in [5, 5.41) is 8.20. The van der Waals surface area contributed by atoms with Gasteiger partial charge in [-0.05, 0) is 60.8 Å². The predicted octanol–water partition coefficient (Wildman–Crippen LogP) is 3.81. The van der Waals surface area contributed by atoms with Gasteiger partial charge in [-0.1, -0.05) is 0 Å². The minimum Gasteiger partial charge on any atom is -0.463 e. The third-order valence-electron chi connectivity index (χ3n) is 5.71. The minimum atomic E-state index is -2.60. The molecule has 0 aliphatic carbocycles. The van der Waals surface area contributed by atoms with Gasteiger partial charge in [0.15, 0.2) is 0 Å². The minimum absolute atomic E-state index is 0.0870. The number of hydrogen-bond acceptors (Lipinski definition) is 15. The monoisotopic (exact) mass is 733 g/mol. The Morgan fingerprint density at radius 2 is 1.02 bits per heavy atom. The van der Waals surface area contributed by atoms with Gasteiger partial charge in [0.05, 0.1) is 52.8 Å². The van der Waals surface area contributed by atoms with E-state index in [0.717, 1.165) is 25.3 Å². The van der Waals surface area contributed by atoms with Gasteiger partial charge in [-0.2, -0.15) is 0 Å². The molecule has 288 valence electrons. The number of aliphatic hydroxyl groups excluding tert-OH is 1. The standard InChI is InChI=1S/C16H34O7Si.C10H21NO4Si.C5H12O3/c1-5-21-24(22-6-2,23-7-3)15-9-8-10-16(17)20-14-13-19-12-11-18-4;1-4-13-16(14-5-2,15-6-3)9-7-8-11-10-12;1-7-4-5-8-3-2-6/h5-15H2,1-4H3;4-9H2,1-3H3;6H,2-5H2,1H3. The average molecular weight is 734 g/mol. The lowest BCUT2D eigenvalue weighted by molar-refractivity contribution is -0.145. The molecule has 0 aliphatic heterocycles. The maximum absolute atomic E-state index is 11.6. The Bertz CT molecular complexity index is 681. The van der Waals surface area contributed by atoms with Gasteiger partial charge in [0.1, 0.15) is 6.61 Å². The molecule has 0 bridgehead atoms. The summed E-state index contributed by atoms with van der Waals surface area (Å²) in [6.45, 7) is 18.8. The zero-order valence-electron chi connectivity index (χ0n) is 31.1. The fourth-order valence-corrected chi connectivity index (χ4v) is 9.15. The summed E-state index contributed by atoms with van der Waals surface area (Å²) in [5.41, 5.74) is 0. The van der Waals surface area contributed by atoms with Crippen LogP contribution in [0.25, 0.3) is 0 Å². The van der Waals surface area contributed by atoms with Crippen molar-refractivity contribution in [3.05, 3.63) is 0 Å². The van der Waals surface area contributed by atoms with Crippen LogP contribution in [0, 0.1) is 0 Å². The van der Waals surface area contributed by atoms with E-state index in [1.165, 1.54) is 6.08 Å². The molecule has 1 N–H and O–H groups in total. The number of aliphatic imine (C=N–C) groups is 1. The van der Waals surface area contributed by atoms with E-state index in [1.807, 2.05) is 41.5 Å². The molecule has 0 saturated carbocycles. The largest absolute Gasteiger partial charge is 0.500 e. The smallest absolute Gasteiger partial charge is 0.463 e. The number of ether oxygens (including phenoxy) is 5. The first-order chi connectivity index (χ1) is 23.3. The molecule has 0 amide bonds. The first-order valence-electron chi connectivity index (χ1n) is 17.1. The normalized spacial score (nSPS) is 11.2. The van der Waals surface area contributed by atoms with Gasteiger partial charge in [-0.25, -0.2) is 9.79 Å². The first kappa shape index (κ1) is 51.2. The summed E-state index contributed by atoms with van der Waals surface area (Å²) < 4.78 is 59.0. The molecule has 0 aromatic carbocycles. The quantitative estimate of drug-likeness (QED) is 0.0348. The number of rotatable bonds is 32. The number of hydrogen-bond donors (Lipinski definition) is 1. The summed E-state index contributed by atoms with van der Waals surface area (Å²) in [5.74, 6) is -0.207. The van der Waals surface area contributed by atoms with Crippen LogP contribution in [0.3, 0.4) is 0 Å². The van der Waals surface area contributed by atoms with Crippen LogP contribution in [0.2, 0.25) is 12.1 Å². The second-order valence-corrected chi connectivity index (χ2v) is 14.9. The molecule has 0 radical (unpaired) electrons. The summed E-state index contributed by atoms with van der Waals surface area (Å²) in [7, 11) is -1.90. The Balaban J connectivity index is -0.000000721. The second-order valence-electron chi connectivity index (χ2n) is 9.40. The van der Waals surface area contributed by atoms with Crippen LogP contribution in [0.4, 0.5) is 0 Å². The molecule has 0 fully saturated rings. The maximum Gasteiger partial charge on any atom is 0.500 e. The molecule has 0 saturated heterocycles. The zero-order chi connectivity index (χ0) is 36.6. The van der Waals surface area contributed by atoms with Crippen molar-refractivity contribution in [1.82, 2.24) is 0 Å². The van der Waals surface area contributed by atoms with Crippen molar-refractivity contribution in [2.75, 3.05) is 113 Å². The van der Waals surface area contributed by atoms with Crippen molar-refractivity contribution in [3.63, 3.8) is 0 Å². The van der Waals surface area contributed by atoms with Crippen LogP contribution in [0.1, 0.15) is 67.2 Å². The van der Waals surface area contributed by atoms with E-state index < -0.39 is 17.6 Å². The summed E-state index contributed by atoms with van der Waals surface area (Å²) >= 11 is 0. The van der Waals surface area contributed by atoms with Crippen molar-refractivity contribution in [1.29, 1.82) is 0 Å². The maximum atomic E-state index is 11.6. The highest BCUT2D eigenvalue weighted by atomic mass is 28.4. The molecule has 0 spiro atoms. The number of methoxy groups -OCH3 is 2. The molecule has 0 aliphatic rings. The van der Waals surface area contributed by atoms with Gasteiger partial charge < -0.3 is 55.3 Å². The van der Waals surface area contributed by atoms with Crippen LogP contribution in [-0.4, -0.2) is 148 Å².